The maximum atomic E-state index is 12.6. The largest absolute Gasteiger partial charge is 0.497 e. The molecule has 0 fully saturated rings. The molecule has 3 aromatic carbocycles. The molecule has 0 unspecified atom stereocenters. The highest BCUT2D eigenvalue weighted by atomic mass is 16.5. The Labute approximate surface area is 212 Å². The molecular formula is C27H25N3O7. The zero-order valence-corrected chi connectivity index (χ0v) is 20.2. The van der Waals surface area contributed by atoms with Crippen molar-refractivity contribution in [3.63, 3.8) is 0 Å². The van der Waals surface area contributed by atoms with E-state index in [-0.39, 0.29) is 25.0 Å². The zero-order chi connectivity index (χ0) is 26.0. The molecule has 1 heterocycles. The van der Waals surface area contributed by atoms with Crippen LogP contribution in [0.2, 0.25) is 0 Å². The van der Waals surface area contributed by atoms with E-state index in [1.165, 1.54) is 6.08 Å². The lowest BCUT2D eigenvalue weighted by Gasteiger charge is -2.11. The topological polar surface area (TPSA) is 121 Å². The molecule has 0 bridgehead atoms. The van der Waals surface area contributed by atoms with Crippen molar-refractivity contribution in [1.82, 2.24) is 10.3 Å². The van der Waals surface area contributed by atoms with Gasteiger partial charge < -0.3 is 28.7 Å². The Kier molecular flexibility index (Phi) is 8.22. The Balaban J connectivity index is 1.42. The highest BCUT2D eigenvalue weighted by Crippen LogP contribution is 2.20. The van der Waals surface area contributed by atoms with Crippen molar-refractivity contribution in [1.29, 1.82) is 0 Å². The van der Waals surface area contributed by atoms with Crippen LogP contribution < -0.4 is 29.6 Å². The molecule has 0 saturated heterocycles. The van der Waals surface area contributed by atoms with E-state index in [1.807, 2.05) is 12.1 Å². The lowest BCUT2D eigenvalue weighted by molar-refractivity contribution is -0.122. The number of benzene rings is 3. The average Bonchev–Trinajstić information content (AvgIpc) is 3.33. The minimum absolute atomic E-state index is 0.0539. The number of anilines is 1. The standard InChI is InChI=1S/C27H25N3O7/c1-33-19-7-11-21(12-8-19)35-16-18(31)15-25(30-27-28-23-5-3-4-6-24(23)37-27)29-26(32)17-36-22-13-9-20(34-2)10-14-22/h3-15H,16-17H2,1-2H3,(H,28,30)(H,29,32)/b25-15+. The molecule has 0 aliphatic rings. The molecule has 0 aliphatic carbocycles. The number of rotatable bonds is 12. The lowest BCUT2D eigenvalue weighted by atomic mass is 10.3. The number of fused-ring (bicyclic) bond motifs is 1. The van der Waals surface area contributed by atoms with Gasteiger partial charge in [-0.2, -0.15) is 4.98 Å². The first-order valence-corrected chi connectivity index (χ1v) is 11.2. The zero-order valence-electron chi connectivity index (χ0n) is 20.2. The number of hydrogen-bond acceptors (Lipinski definition) is 9. The molecule has 190 valence electrons. The fourth-order valence-corrected chi connectivity index (χ4v) is 3.18. The SMILES string of the molecule is COc1ccc(OCC(=O)/C=C(\NC(=O)COc2ccc(OC)cc2)Nc2nc3ccccc3o2)cc1. The van der Waals surface area contributed by atoms with E-state index in [0.29, 0.717) is 34.1 Å². The number of methoxy groups -OCH3 is 2. The van der Waals surface area contributed by atoms with Crippen LogP contribution in [-0.4, -0.2) is 44.1 Å². The second-order valence-corrected chi connectivity index (χ2v) is 7.61. The van der Waals surface area contributed by atoms with Gasteiger partial charge in [-0.3, -0.25) is 14.9 Å². The highest BCUT2D eigenvalue weighted by molar-refractivity contribution is 5.93. The van der Waals surface area contributed by atoms with E-state index in [0.717, 1.165) is 0 Å². The van der Waals surface area contributed by atoms with Gasteiger partial charge in [0.1, 0.15) is 34.3 Å². The Hall–Kier alpha value is -4.99. The van der Waals surface area contributed by atoms with Gasteiger partial charge in [0.2, 0.25) is 0 Å². The van der Waals surface area contributed by atoms with Gasteiger partial charge in [-0.15, -0.1) is 0 Å². The molecular weight excluding hydrogens is 478 g/mol. The first kappa shape index (κ1) is 25.1. The van der Waals surface area contributed by atoms with Crippen molar-refractivity contribution in [3.8, 4) is 23.0 Å². The van der Waals surface area contributed by atoms with E-state index in [2.05, 4.69) is 15.6 Å². The summed E-state index contributed by atoms with van der Waals surface area (Å²) in [6, 6.07) is 20.9. The lowest BCUT2D eigenvalue weighted by Crippen LogP contribution is -2.32. The number of nitrogens with zero attached hydrogens (tertiary/aromatic N) is 1. The van der Waals surface area contributed by atoms with Gasteiger partial charge in [-0.05, 0) is 60.7 Å². The maximum absolute atomic E-state index is 12.6. The highest BCUT2D eigenvalue weighted by Gasteiger charge is 2.13. The summed E-state index contributed by atoms with van der Waals surface area (Å²) in [5.41, 5.74) is 1.17. The molecule has 1 amide bonds. The fraction of sp³-hybridized carbons (Fsp3) is 0.148. The number of nitrogens with one attached hydrogen (secondary N) is 2. The van der Waals surface area contributed by atoms with Gasteiger partial charge in [0.05, 0.1) is 14.2 Å². The summed E-state index contributed by atoms with van der Waals surface area (Å²) in [6.45, 7) is -0.557. The van der Waals surface area contributed by atoms with Crippen molar-refractivity contribution in [2.45, 2.75) is 0 Å². The molecule has 0 spiro atoms. The molecule has 4 aromatic rings. The Morgan fingerprint density at radius 1 is 0.811 bits per heavy atom. The van der Waals surface area contributed by atoms with Crippen molar-refractivity contribution in [2.24, 2.45) is 0 Å². The molecule has 0 atom stereocenters. The van der Waals surface area contributed by atoms with Crippen LogP contribution in [0.4, 0.5) is 6.01 Å². The molecule has 37 heavy (non-hydrogen) atoms. The molecule has 4 rings (SSSR count). The summed E-state index contributed by atoms with van der Waals surface area (Å²) >= 11 is 0. The monoisotopic (exact) mass is 503 g/mol. The number of hydrogen-bond donors (Lipinski definition) is 2. The van der Waals surface area contributed by atoms with Crippen LogP contribution in [-0.2, 0) is 9.59 Å². The molecule has 2 N–H and O–H groups in total. The van der Waals surface area contributed by atoms with Crippen molar-refractivity contribution in [2.75, 3.05) is 32.8 Å². The van der Waals surface area contributed by atoms with Crippen molar-refractivity contribution in [3.05, 3.63) is 84.7 Å². The first-order chi connectivity index (χ1) is 18.0. The summed E-state index contributed by atoms with van der Waals surface area (Å²) in [5, 5.41) is 5.46. The smallest absolute Gasteiger partial charge is 0.301 e. The number of aromatic nitrogens is 1. The molecule has 0 saturated carbocycles. The Morgan fingerprint density at radius 3 is 1.97 bits per heavy atom. The van der Waals surface area contributed by atoms with Gasteiger partial charge in [0.25, 0.3) is 5.91 Å². The third-order valence-corrected chi connectivity index (χ3v) is 4.98. The van der Waals surface area contributed by atoms with Crippen LogP contribution in [0.1, 0.15) is 0 Å². The quantitative estimate of drug-likeness (QED) is 0.277. The van der Waals surface area contributed by atoms with Gasteiger partial charge in [0.15, 0.2) is 24.6 Å². The number of ether oxygens (including phenoxy) is 4. The second kappa shape index (κ2) is 12.1. The van der Waals surface area contributed by atoms with Crippen molar-refractivity contribution >= 4 is 28.8 Å². The van der Waals surface area contributed by atoms with Gasteiger partial charge in [-0.1, -0.05) is 12.1 Å². The van der Waals surface area contributed by atoms with E-state index in [1.54, 1.807) is 74.9 Å². The number of para-hydroxylation sites is 2. The predicted molar refractivity (Wildman–Crippen MR) is 136 cm³/mol. The minimum Gasteiger partial charge on any atom is -0.497 e. The summed E-state index contributed by atoms with van der Waals surface area (Å²) in [4.78, 5) is 29.5. The van der Waals surface area contributed by atoms with E-state index in [9.17, 15) is 9.59 Å². The van der Waals surface area contributed by atoms with Crippen LogP contribution in [0.15, 0.2) is 89.1 Å². The van der Waals surface area contributed by atoms with Crippen molar-refractivity contribution < 1.29 is 33.0 Å². The molecule has 10 nitrogen and oxygen atoms in total. The van der Waals surface area contributed by atoms with Gasteiger partial charge in [-0.25, -0.2) is 0 Å². The van der Waals surface area contributed by atoms with Crippen LogP contribution in [0.3, 0.4) is 0 Å². The molecule has 0 aliphatic heterocycles. The number of carbonyl (C=O) groups excluding carboxylic acids is 2. The van der Waals surface area contributed by atoms with Crippen LogP contribution >= 0.6 is 0 Å². The number of oxazole rings is 1. The minimum atomic E-state index is -0.505. The van der Waals surface area contributed by atoms with Crippen LogP contribution in [0.25, 0.3) is 11.1 Å². The van der Waals surface area contributed by atoms with Gasteiger partial charge >= 0.3 is 6.01 Å². The molecule has 10 heteroatoms. The van der Waals surface area contributed by atoms with Crippen LogP contribution in [0, 0.1) is 0 Å². The Morgan fingerprint density at radius 2 is 1.38 bits per heavy atom. The average molecular weight is 504 g/mol. The number of carbonyl (C=O) groups is 2. The van der Waals surface area contributed by atoms with E-state index < -0.39 is 11.7 Å². The first-order valence-electron chi connectivity index (χ1n) is 11.2. The third kappa shape index (κ3) is 7.25. The number of ketones is 1. The second-order valence-electron chi connectivity index (χ2n) is 7.61. The fourth-order valence-electron chi connectivity index (χ4n) is 3.18. The third-order valence-electron chi connectivity index (χ3n) is 4.98. The Bertz CT molecular complexity index is 1350. The normalized spacial score (nSPS) is 11.0. The summed E-state index contributed by atoms with van der Waals surface area (Å²) < 4.78 is 26.9. The van der Waals surface area contributed by atoms with Crippen LogP contribution in [0.5, 0.6) is 23.0 Å². The van der Waals surface area contributed by atoms with E-state index >= 15 is 0 Å². The molecule has 1 aromatic heterocycles. The maximum Gasteiger partial charge on any atom is 0.301 e. The summed E-state index contributed by atoms with van der Waals surface area (Å²) in [6.07, 6.45) is 1.20. The summed E-state index contributed by atoms with van der Waals surface area (Å²) in [7, 11) is 3.12. The summed E-state index contributed by atoms with van der Waals surface area (Å²) in [5.74, 6) is 1.45. The number of amides is 1. The predicted octanol–water partition coefficient (Wildman–Crippen LogP) is 3.94. The molecule has 0 radical (unpaired) electrons. The van der Waals surface area contributed by atoms with Gasteiger partial charge in [0, 0.05) is 6.08 Å². The van der Waals surface area contributed by atoms with E-state index in [4.69, 9.17) is 23.4 Å².